The quantitative estimate of drug-likeness (QED) is 0.773. The van der Waals surface area contributed by atoms with Crippen LogP contribution in [0.15, 0.2) is 24.3 Å². The molecule has 0 radical (unpaired) electrons. The number of carbonyl (C=O) groups is 1. The van der Waals surface area contributed by atoms with Crippen LogP contribution in [0.5, 0.6) is 0 Å². The molecule has 1 aliphatic rings. The molecule has 0 bridgehead atoms. The molecule has 1 heterocycles. The van der Waals surface area contributed by atoms with Crippen molar-refractivity contribution in [2.45, 2.75) is 38.3 Å². The van der Waals surface area contributed by atoms with Crippen LogP contribution >= 0.6 is 0 Å². The minimum Gasteiger partial charge on any atom is -0.343 e. The number of rotatable bonds is 5. The average molecular weight is 392 g/mol. The maximum absolute atomic E-state index is 12.7. The predicted molar refractivity (Wildman–Crippen MR) is 93.3 cm³/mol. The van der Waals surface area contributed by atoms with Gasteiger partial charge in [-0.2, -0.15) is 13.2 Å². The van der Waals surface area contributed by atoms with E-state index in [0.717, 1.165) is 60.5 Å². The summed E-state index contributed by atoms with van der Waals surface area (Å²) in [6.45, 7) is 1.23. The van der Waals surface area contributed by atoms with E-state index in [1.807, 2.05) is 0 Å². The van der Waals surface area contributed by atoms with Gasteiger partial charge < -0.3 is 4.90 Å². The fourth-order valence-corrected chi connectivity index (χ4v) is 3.91. The van der Waals surface area contributed by atoms with Crippen molar-refractivity contribution in [3.63, 3.8) is 0 Å². The summed E-state index contributed by atoms with van der Waals surface area (Å²) in [5.41, 5.74) is -0.737. The van der Waals surface area contributed by atoms with Gasteiger partial charge in [-0.3, -0.25) is 9.10 Å². The summed E-state index contributed by atoms with van der Waals surface area (Å²) in [5, 5.41) is 0. The van der Waals surface area contributed by atoms with Crippen molar-refractivity contribution < 1.29 is 26.4 Å². The van der Waals surface area contributed by atoms with E-state index in [1.54, 1.807) is 4.90 Å². The smallest absolute Gasteiger partial charge is 0.343 e. The Bertz CT molecular complexity index is 710. The molecule has 0 aromatic heterocycles. The molecule has 0 atom stereocenters. The van der Waals surface area contributed by atoms with E-state index < -0.39 is 21.8 Å². The summed E-state index contributed by atoms with van der Waals surface area (Å²) < 4.78 is 63.0. The summed E-state index contributed by atoms with van der Waals surface area (Å²) in [5.74, 6) is -0.132. The van der Waals surface area contributed by atoms with Gasteiger partial charge in [-0.05, 0) is 37.1 Å². The Morgan fingerprint density at radius 1 is 1.08 bits per heavy atom. The lowest BCUT2D eigenvalue weighted by Gasteiger charge is -2.25. The average Bonchev–Trinajstić information content (AvgIpc) is 2.82. The normalized spacial score (nSPS) is 16.2. The number of nitrogens with zero attached hydrogens (tertiary/aromatic N) is 2. The van der Waals surface area contributed by atoms with Crippen molar-refractivity contribution >= 4 is 21.6 Å². The van der Waals surface area contributed by atoms with E-state index in [4.69, 9.17) is 0 Å². The number of anilines is 1. The first-order chi connectivity index (χ1) is 12.1. The lowest BCUT2D eigenvalue weighted by molar-refractivity contribution is -0.137. The molecule has 0 spiro atoms. The van der Waals surface area contributed by atoms with Crippen molar-refractivity contribution in [1.29, 1.82) is 0 Å². The van der Waals surface area contributed by atoms with Crippen LogP contribution in [-0.2, 0) is 21.0 Å². The van der Waals surface area contributed by atoms with Crippen molar-refractivity contribution in [3.05, 3.63) is 29.8 Å². The molecule has 1 fully saturated rings. The lowest BCUT2D eigenvalue weighted by atomic mass is 10.2. The molecule has 26 heavy (non-hydrogen) atoms. The summed E-state index contributed by atoms with van der Waals surface area (Å²) in [4.78, 5) is 14.1. The molecule has 5 nitrogen and oxygen atoms in total. The molecule has 1 aliphatic heterocycles. The van der Waals surface area contributed by atoms with Crippen LogP contribution in [0.1, 0.15) is 37.7 Å². The fraction of sp³-hybridized carbons (Fsp3) is 0.588. The van der Waals surface area contributed by atoms with Gasteiger partial charge in [0.2, 0.25) is 15.9 Å². The molecular formula is C17H23F3N2O3S. The molecule has 0 aliphatic carbocycles. The molecular weight excluding hydrogens is 369 g/mol. The van der Waals surface area contributed by atoms with E-state index >= 15 is 0 Å². The largest absolute Gasteiger partial charge is 0.416 e. The highest BCUT2D eigenvalue weighted by molar-refractivity contribution is 7.92. The number of carbonyl (C=O) groups excluding carboxylic acids is 1. The van der Waals surface area contributed by atoms with E-state index in [9.17, 15) is 26.4 Å². The Morgan fingerprint density at radius 3 is 2.08 bits per heavy atom. The van der Waals surface area contributed by atoms with Gasteiger partial charge in [0.25, 0.3) is 0 Å². The molecule has 1 saturated heterocycles. The predicted octanol–water partition coefficient (Wildman–Crippen LogP) is 3.26. The molecule has 1 amide bonds. The van der Waals surface area contributed by atoms with Gasteiger partial charge in [0.1, 0.15) is 0 Å². The van der Waals surface area contributed by atoms with Crippen LogP contribution in [0.2, 0.25) is 0 Å². The van der Waals surface area contributed by atoms with Gasteiger partial charge in [0.05, 0.1) is 17.5 Å². The molecule has 1 aromatic rings. The Labute approximate surface area is 151 Å². The number of benzene rings is 1. The highest BCUT2D eigenvalue weighted by Gasteiger charge is 2.30. The second kappa shape index (κ2) is 8.28. The Hall–Kier alpha value is -1.77. The first kappa shape index (κ1) is 20.5. The summed E-state index contributed by atoms with van der Waals surface area (Å²) in [7, 11) is -3.72. The third kappa shape index (κ3) is 5.62. The molecule has 9 heteroatoms. The molecule has 2 rings (SSSR count). The maximum atomic E-state index is 12.7. The van der Waals surface area contributed by atoms with Crippen LogP contribution in [-0.4, -0.2) is 45.1 Å². The monoisotopic (exact) mass is 392 g/mol. The van der Waals surface area contributed by atoms with E-state index in [0.29, 0.717) is 13.1 Å². The number of sulfonamides is 1. The first-order valence-electron chi connectivity index (χ1n) is 8.52. The minimum atomic E-state index is -4.49. The van der Waals surface area contributed by atoms with Crippen LogP contribution in [0.3, 0.4) is 0 Å². The van der Waals surface area contributed by atoms with Gasteiger partial charge in [0, 0.05) is 26.1 Å². The van der Waals surface area contributed by atoms with Gasteiger partial charge in [0.15, 0.2) is 0 Å². The first-order valence-corrected chi connectivity index (χ1v) is 10.4. The second-order valence-electron chi connectivity index (χ2n) is 6.42. The number of halogens is 3. The highest BCUT2D eigenvalue weighted by atomic mass is 32.2. The van der Waals surface area contributed by atoms with E-state index in [2.05, 4.69) is 0 Å². The van der Waals surface area contributed by atoms with Crippen molar-refractivity contribution in [3.8, 4) is 0 Å². The van der Waals surface area contributed by atoms with Gasteiger partial charge >= 0.3 is 6.18 Å². The van der Waals surface area contributed by atoms with Crippen molar-refractivity contribution in [1.82, 2.24) is 4.90 Å². The third-order valence-corrected chi connectivity index (χ3v) is 5.56. The molecule has 146 valence electrons. The van der Waals surface area contributed by atoms with Crippen molar-refractivity contribution in [2.24, 2.45) is 0 Å². The third-order valence-electron chi connectivity index (χ3n) is 4.37. The van der Waals surface area contributed by atoms with Crippen molar-refractivity contribution in [2.75, 3.05) is 30.2 Å². The molecule has 0 N–H and O–H groups in total. The zero-order valence-corrected chi connectivity index (χ0v) is 15.4. The zero-order valence-electron chi connectivity index (χ0n) is 14.6. The maximum Gasteiger partial charge on any atom is 0.416 e. The standard InChI is InChI=1S/C17H23F3N2O3S/c1-26(24,25)22(15-8-6-14(7-9-15)17(18,19)20)13-10-16(23)21-11-4-2-3-5-12-21/h6-9H,2-5,10-13H2,1H3. The topological polar surface area (TPSA) is 57.7 Å². The lowest BCUT2D eigenvalue weighted by Crippen LogP contribution is -2.37. The Kier molecular flexibility index (Phi) is 6.54. The van der Waals surface area contributed by atoms with Crippen LogP contribution in [0.4, 0.5) is 18.9 Å². The van der Waals surface area contributed by atoms with Gasteiger partial charge in [-0.25, -0.2) is 8.42 Å². The van der Waals surface area contributed by atoms with Crippen LogP contribution in [0, 0.1) is 0 Å². The van der Waals surface area contributed by atoms with Gasteiger partial charge in [-0.15, -0.1) is 0 Å². The number of likely N-dealkylation sites (tertiary alicyclic amines) is 1. The SMILES string of the molecule is CS(=O)(=O)N(CCC(=O)N1CCCCCC1)c1ccc(C(F)(F)F)cc1. The number of alkyl halides is 3. The highest BCUT2D eigenvalue weighted by Crippen LogP contribution is 2.31. The molecule has 0 unspecified atom stereocenters. The summed E-state index contributed by atoms with van der Waals surface area (Å²) >= 11 is 0. The van der Waals surface area contributed by atoms with Crippen LogP contribution in [0.25, 0.3) is 0 Å². The summed E-state index contributed by atoms with van der Waals surface area (Å²) in [6.07, 6.45) is 0.489. The minimum absolute atomic E-state index is 0.00586. The Balaban J connectivity index is 2.09. The van der Waals surface area contributed by atoms with Gasteiger partial charge in [-0.1, -0.05) is 12.8 Å². The van der Waals surface area contributed by atoms with E-state index in [-0.39, 0.29) is 24.6 Å². The van der Waals surface area contributed by atoms with E-state index in [1.165, 1.54) is 0 Å². The fourth-order valence-electron chi connectivity index (χ4n) is 2.98. The number of hydrogen-bond acceptors (Lipinski definition) is 3. The van der Waals surface area contributed by atoms with Crippen LogP contribution < -0.4 is 4.31 Å². The zero-order chi connectivity index (χ0) is 19.4. The number of amides is 1. The Morgan fingerprint density at radius 2 is 1.62 bits per heavy atom. The molecule has 0 saturated carbocycles. The summed E-state index contributed by atoms with van der Waals surface area (Å²) in [6, 6.07) is 3.90. The second-order valence-corrected chi connectivity index (χ2v) is 8.33. The molecule has 1 aromatic carbocycles. The number of hydrogen-bond donors (Lipinski definition) is 0.